The second kappa shape index (κ2) is 9.54. The molecule has 0 spiro atoms. The van der Waals surface area contributed by atoms with Crippen LogP contribution >= 0.6 is 34.5 Å². The number of hydrogen-bond acceptors (Lipinski definition) is 5. The van der Waals surface area contributed by atoms with Gasteiger partial charge in [0.2, 0.25) is 0 Å². The van der Waals surface area contributed by atoms with Gasteiger partial charge in [-0.15, -0.1) is 0 Å². The van der Waals surface area contributed by atoms with Crippen LogP contribution in [0.1, 0.15) is 27.6 Å². The number of thiazole rings is 1. The highest BCUT2D eigenvalue weighted by Crippen LogP contribution is 2.32. The fourth-order valence-electron chi connectivity index (χ4n) is 2.71. The summed E-state index contributed by atoms with van der Waals surface area (Å²) in [5.74, 6) is -0.897. The number of carbonyl (C=O) groups is 2. The lowest BCUT2D eigenvalue weighted by atomic mass is 10.1. The van der Waals surface area contributed by atoms with E-state index < -0.39 is 11.9 Å². The van der Waals surface area contributed by atoms with Crippen LogP contribution in [0.2, 0.25) is 10.0 Å². The minimum atomic E-state index is -0.467. The first-order valence-electron chi connectivity index (χ1n) is 8.78. The first kappa shape index (κ1) is 21.5. The lowest BCUT2D eigenvalue weighted by molar-refractivity contribution is 0.0600. The maximum absolute atomic E-state index is 12.7. The van der Waals surface area contributed by atoms with Gasteiger partial charge in [-0.25, -0.2) is 4.79 Å². The molecular formula is C20H18Cl2N2O4S. The Hall–Kier alpha value is -2.19. The van der Waals surface area contributed by atoms with Gasteiger partial charge in [-0.2, -0.15) is 4.99 Å². The van der Waals surface area contributed by atoms with E-state index in [2.05, 4.69) is 9.73 Å². The van der Waals surface area contributed by atoms with E-state index in [9.17, 15) is 9.59 Å². The lowest BCUT2D eigenvalue weighted by Gasteiger charge is -2.07. The molecule has 1 aromatic heterocycles. The van der Waals surface area contributed by atoms with E-state index >= 15 is 0 Å². The minimum Gasteiger partial charge on any atom is -0.465 e. The molecular weight excluding hydrogens is 435 g/mol. The van der Waals surface area contributed by atoms with Crippen molar-refractivity contribution in [3.05, 3.63) is 62.4 Å². The molecule has 152 valence electrons. The van der Waals surface area contributed by atoms with Crippen molar-refractivity contribution in [3.63, 3.8) is 0 Å². The van der Waals surface area contributed by atoms with Crippen LogP contribution in [0.5, 0.6) is 0 Å². The predicted octanol–water partition coefficient (Wildman–Crippen LogP) is 4.57. The summed E-state index contributed by atoms with van der Waals surface area (Å²) in [6.45, 7) is 3.41. The first-order chi connectivity index (χ1) is 14.0. The number of carbonyl (C=O) groups excluding carboxylic acids is 2. The largest absolute Gasteiger partial charge is 0.465 e. The van der Waals surface area contributed by atoms with Crippen molar-refractivity contribution in [1.29, 1.82) is 0 Å². The molecule has 2 aromatic carbocycles. The van der Waals surface area contributed by atoms with Crippen LogP contribution in [0, 0.1) is 0 Å². The van der Waals surface area contributed by atoms with Crippen molar-refractivity contribution in [1.82, 2.24) is 4.57 Å². The molecule has 6 nitrogen and oxygen atoms in total. The molecule has 3 aromatic rings. The van der Waals surface area contributed by atoms with E-state index in [4.69, 9.17) is 27.9 Å². The van der Waals surface area contributed by atoms with Crippen LogP contribution in [0.15, 0.2) is 41.4 Å². The average Bonchev–Trinajstić information content (AvgIpc) is 3.08. The van der Waals surface area contributed by atoms with Crippen molar-refractivity contribution >= 4 is 56.6 Å². The molecule has 29 heavy (non-hydrogen) atoms. The number of rotatable bonds is 6. The number of halogens is 2. The Labute approximate surface area is 181 Å². The molecule has 0 N–H and O–H groups in total. The van der Waals surface area contributed by atoms with Gasteiger partial charge < -0.3 is 14.0 Å². The molecule has 0 bridgehead atoms. The number of methoxy groups -OCH3 is 1. The highest BCUT2D eigenvalue weighted by atomic mass is 35.5. The summed E-state index contributed by atoms with van der Waals surface area (Å²) in [5.41, 5.74) is 1.44. The molecule has 0 radical (unpaired) electrons. The van der Waals surface area contributed by atoms with Gasteiger partial charge in [-0.3, -0.25) is 4.79 Å². The van der Waals surface area contributed by atoms with E-state index in [0.717, 1.165) is 10.2 Å². The van der Waals surface area contributed by atoms with E-state index in [0.29, 0.717) is 45.7 Å². The molecule has 0 aliphatic rings. The minimum absolute atomic E-state index is 0.357. The van der Waals surface area contributed by atoms with E-state index in [-0.39, 0.29) is 0 Å². The molecule has 0 atom stereocenters. The molecule has 0 aliphatic carbocycles. The maximum atomic E-state index is 12.7. The third kappa shape index (κ3) is 4.70. The monoisotopic (exact) mass is 452 g/mol. The third-order valence-corrected chi connectivity index (χ3v) is 5.99. The number of nitrogens with zero attached hydrogens (tertiary/aromatic N) is 2. The smallest absolute Gasteiger partial charge is 0.337 e. The Morgan fingerprint density at radius 3 is 2.45 bits per heavy atom. The molecule has 0 saturated heterocycles. The molecule has 9 heteroatoms. The van der Waals surface area contributed by atoms with Gasteiger partial charge in [0, 0.05) is 18.7 Å². The quantitative estimate of drug-likeness (QED) is 0.405. The second-order valence-corrected chi connectivity index (χ2v) is 7.72. The van der Waals surface area contributed by atoms with Gasteiger partial charge in [0.1, 0.15) is 0 Å². The Kier molecular flexibility index (Phi) is 7.08. The van der Waals surface area contributed by atoms with Crippen LogP contribution in [-0.4, -0.2) is 36.8 Å². The van der Waals surface area contributed by atoms with Gasteiger partial charge in [-0.1, -0.05) is 34.5 Å². The molecule has 0 saturated carbocycles. The fourth-order valence-corrected chi connectivity index (χ4v) is 4.25. The van der Waals surface area contributed by atoms with Gasteiger partial charge in [-0.05, 0) is 43.3 Å². The Morgan fingerprint density at radius 2 is 1.79 bits per heavy atom. The van der Waals surface area contributed by atoms with Crippen molar-refractivity contribution in [3.8, 4) is 0 Å². The van der Waals surface area contributed by atoms with E-state index in [1.807, 2.05) is 17.6 Å². The fraction of sp³-hybridized carbons (Fsp3) is 0.250. The number of aromatic nitrogens is 1. The summed E-state index contributed by atoms with van der Waals surface area (Å²) in [4.78, 5) is 29.0. The van der Waals surface area contributed by atoms with Gasteiger partial charge >= 0.3 is 5.97 Å². The number of ether oxygens (including phenoxy) is 2. The first-order valence-corrected chi connectivity index (χ1v) is 10.4. The number of esters is 1. The predicted molar refractivity (Wildman–Crippen MR) is 114 cm³/mol. The maximum Gasteiger partial charge on any atom is 0.337 e. The van der Waals surface area contributed by atoms with Crippen molar-refractivity contribution in [2.24, 2.45) is 4.99 Å². The normalized spacial score (nSPS) is 11.8. The lowest BCUT2D eigenvalue weighted by Crippen LogP contribution is -2.20. The van der Waals surface area contributed by atoms with E-state index in [1.165, 1.54) is 30.6 Å². The summed E-state index contributed by atoms with van der Waals surface area (Å²) in [6, 6.07) is 9.70. The van der Waals surface area contributed by atoms with Gasteiger partial charge in [0.05, 0.1) is 39.5 Å². The van der Waals surface area contributed by atoms with Crippen molar-refractivity contribution in [2.75, 3.05) is 20.3 Å². The Balaban J connectivity index is 2.04. The second-order valence-electron chi connectivity index (χ2n) is 5.93. The highest BCUT2D eigenvalue weighted by molar-refractivity contribution is 7.16. The Morgan fingerprint density at radius 1 is 1.10 bits per heavy atom. The number of hydrogen-bond donors (Lipinski definition) is 0. The van der Waals surface area contributed by atoms with Gasteiger partial charge in [0.25, 0.3) is 5.91 Å². The molecule has 0 unspecified atom stereocenters. The van der Waals surface area contributed by atoms with Crippen LogP contribution < -0.4 is 4.80 Å². The molecule has 3 rings (SSSR count). The average molecular weight is 453 g/mol. The number of fused-ring (bicyclic) bond motifs is 1. The van der Waals surface area contributed by atoms with Crippen LogP contribution in [-0.2, 0) is 16.0 Å². The number of benzene rings is 2. The summed E-state index contributed by atoms with van der Waals surface area (Å²) in [7, 11) is 1.30. The molecule has 1 amide bonds. The molecule has 1 heterocycles. The van der Waals surface area contributed by atoms with Crippen LogP contribution in [0.4, 0.5) is 0 Å². The Bertz CT molecular complexity index is 1120. The summed E-state index contributed by atoms with van der Waals surface area (Å²) in [6.07, 6.45) is 0. The summed E-state index contributed by atoms with van der Waals surface area (Å²) in [5, 5.41) is 0.839. The SMILES string of the molecule is CCOCCn1c(=NC(=O)c2ccc(C(=O)OC)cc2)sc2ccc(Cl)c(Cl)c21. The topological polar surface area (TPSA) is 69.9 Å². The zero-order chi connectivity index (χ0) is 21.0. The zero-order valence-corrected chi connectivity index (χ0v) is 18.1. The number of amides is 1. The van der Waals surface area contributed by atoms with Crippen molar-refractivity contribution in [2.45, 2.75) is 13.5 Å². The molecule has 0 fully saturated rings. The zero-order valence-electron chi connectivity index (χ0n) is 15.8. The van der Waals surface area contributed by atoms with Crippen LogP contribution in [0.3, 0.4) is 0 Å². The van der Waals surface area contributed by atoms with Gasteiger partial charge in [0.15, 0.2) is 4.80 Å². The highest BCUT2D eigenvalue weighted by Gasteiger charge is 2.14. The summed E-state index contributed by atoms with van der Waals surface area (Å²) >= 11 is 13.9. The van der Waals surface area contributed by atoms with Crippen molar-refractivity contribution < 1.29 is 19.1 Å². The molecule has 0 aliphatic heterocycles. The summed E-state index contributed by atoms with van der Waals surface area (Å²) < 4.78 is 12.8. The van der Waals surface area contributed by atoms with Crippen LogP contribution in [0.25, 0.3) is 10.2 Å². The third-order valence-electron chi connectivity index (χ3n) is 4.15. The standard InChI is InChI=1S/C20H18Cl2N2O4S/c1-3-28-11-10-24-17-15(9-8-14(21)16(17)22)29-20(24)23-18(25)12-4-6-13(7-5-12)19(26)27-2/h4-9H,3,10-11H2,1-2H3. The van der Waals surface area contributed by atoms with E-state index in [1.54, 1.807) is 18.2 Å².